The smallest absolute Gasteiger partial charge is 0.246 e. The lowest BCUT2D eigenvalue weighted by Gasteiger charge is -2.32. The van der Waals surface area contributed by atoms with Crippen molar-refractivity contribution in [2.45, 2.75) is 119 Å². The van der Waals surface area contributed by atoms with E-state index in [1.807, 2.05) is 0 Å². The zero-order chi connectivity index (χ0) is 43.9. The molecule has 3 fully saturated rings. The number of nitrogens with zero attached hydrogens (tertiary/aromatic N) is 4. The molecule has 0 bridgehead atoms. The van der Waals surface area contributed by atoms with Gasteiger partial charge in [0.1, 0.15) is 36.3 Å². The van der Waals surface area contributed by atoms with E-state index < -0.39 is 102 Å². The van der Waals surface area contributed by atoms with Crippen molar-refractivity contribution in [1.29, 1.82) is 0 Å². The van der Waals surface area contributed by atoms with Crippen molar-refractivity contribution in [3.63, 3.8) is 0 Å². The van der Waals surface area contributed by atoms with Crippen LogP contribution >= 0.6 is 12.6 Å². The van der Waals surface area contributed by atoms with Gasteiger partial charge in [-0.3, -0.25) is 43.2 Å². The monoisotopic (exact) mass is 862 g/mol. The zero-order valence-corrected chi connectivity index (χ0v) is 34.7. The number of hydrogen-bond acceptors (Lipinski definition) is 12. The van der Waals surface area contributed by atoms with Crippen LogP contribution < -0.4 is 44.2 Å². The highest BCUT2D eigenvalue weighted by Gasteiger charge is 2.43. The average molecular weight is 863 g/mol. The summed E-state index contributed by atoms with van der Waals surface area (Å²) >= 11 is 4.22. The van der Waals surface area contributed by atoms with Gasteiger partial charge in [-0.15, -0.1) is 0 Å². The average Bonchev–Trinajstić information content (AvgIpc) is 4.07. The third-order valence-electron chi connectivity index (χ3n) is 11.0. The number of nitrogens with two attached hydrogens (primary N) is 3. The van der Waals surface area contributed by atoms with Crippen LogP contribution in [0.15, 0.2) is 12.5 Å². The van der Waals surface area contributed by atoms with Crippen LogP contribution in [0.2, 0.25) is 0 Å². The van der Waals surface area contributed by atoms with E-state index in [9.17, 15) is 43.2 Å². The van der Waals surface area contributed by atoms with Crippen LogP contribution in [0.1, 0.15) is 76.3 Å². The number of amides is 9. The van der Waals surface area contributed by atoms with E-state index in [0.29, 0.717) is 63.6 Å². The molecule has 0 radical (unpaired) electrons. The molecule has 0 saturated carbocycles. The lowest BCUT2D eigenvalue weighted by atomic mass is 10.1. The van der Waals surface area contributed by atoms with Gasteiger partial charge in [0, 0.05) is 50.1 Å². The van der Waals surface area contributed by atoms with Crippen molar-refractivity contribution in [2.75, 3.05) is 38.5 Å². The van der Waals surface area contributed by atoms with Crippen molar-refractivity contribution in [3.8, 4) is 0 Å². The molecule has 60 heavy (non-hydrogen) atoms. The molecule has 332 valence electrons. The largest absolute Gasteiger partial charge is 0.370 e. The highest BCUT2D eigenvalue weighted by molar-refractivity contribution is 7.80. The zero-order valence-electron chi connectivity index (χ0n) is 33.8. The summed E-state index contributed by atoms with van der Waals surface area (Å²) in [7, 11) is 0. The first kappa shape index (κ1) is 47.4. The number of likely N-dealkylation sites (tertiary alicyclic amines) is 3. The Morgan fingerprint density at radius 2 is 1.42 bits per heavy atom. The molecule has 0 aromatic carbocycles. The van der Waals surface area contributed by atoms with Gasteiger partial charge in [0.15, 0.2) is 0 Å². The molecule has 14 N–H and O–H groups in total. The summed E-state index contributed by atoms with van der Waals surface area (Å²) < 4.78 is 0. The molecule has 0 spiro atoms. The maximum Gasteiger partial charge on any atom is 0.246 e. The molecule has 0 unspecified atom stereocenters. The molecule has 3 aliphatic heterocycles. The Morgan fingerprint density at radius 1 is 0.800 bits per heavy atom. The Labute approximate surface area is 353 Å². The Bertz CT molecular complexity index is 1720. The van der Waals surface area contributed by atoms with Gasteiger partial charge in [-0.2, -0.15) is 12.6 Å². The van der Waals surface area contributed by atoms with Crippen molar-refractivity contribution >= 4 is 65.8 Å². The molecule has 23 heteroatoms. The number of imidazole rings is 1. The van der Waals surface area contributed by atoms with Gasteiger partial charge >= 0.3 is 0 Å². The molecule has 9 amide bonds. The number of aromatic nitrogens is 2. The number of primary amides is 2. The quantitative estimate of drug-likeness (QED) is 0.0388. The lowest BCUT2D eigenvalue weighted by molar-refractivity contribution is -0.368. The topological polar surface area (TPSA) is 346 Å². The van der Waals surface area contributed by atoms with Gasteiger partial charge in [0.25, 0.3) is 0 Å². The van der Waals surface area contributed by atoms with Crippen LogP contribution in [0, 0.1) is 0 Å². The van der Waals surface area contributed by atoms with Crippen molar-refractivity contribution in [1.82, 2.24) is 45.9 Å². The molecular formula is C37H60N13O9S+. The summed E-state index contributed by atoms with van der Waals surface area (Å²) in [5.41, 5.74) is 21.4. The standard InChI is InChI=1S/C37H59N13O9S/c38-12-2-1-6-23(31(41)53)45-33(55)25(19-60)47-35(57)27-8-4-15-50(27)37(59)28-9-5-13-48(28)30(52)18-43-32(54)24(10-11-29(40)51)46-34(56)26-7-3-14-49(26)36(58)22(39)16-21-17-42-20-44-21/h17,20,22-28,60H,1-16,18-19,38-39H2,(H2,40,51)(H2,41,53)(H,42,44)(H,43,54)(H,45,55)(H,46,56)(H,47,57)/p+1/t22-,23-,24-,25-,26-,27-,28-/m0/s1. The van der Waals surface area contributed by atoms with Crippen LogP contribution in [-0.2, 0) is 49.6 Å². The number of hydrogen-bond donors (Lipinski definition) is 10. The van der Waals surface area contributed by atoms with E-state index in [1.165, 1.54) is 21.0 Å². The second-order valence-electron chi connectivity index (χ2n) is 15.4. The number of H-pyrrole nitrogens is 1. The van der Waals surface area contributed by atoms with E-state index in [4.69, 9.17) is 17.2 Å². The second-order valence-corrected chi connectivity index (χ2v) is 15.7. The van der Waals surface area contributed by atoms with Crippen LogP contribution in [0.4, 0.5) is 0 Å². The summed E-state index contributed by atoms with van der Waals surface area (Å²) in [6, 6.07) is -7.05. The van der Waals surface area contributed by atoms with Gasteiger partial charge < -0.3 is 63.9 Å². The number of carbonyl (C=O) groups excluding carboxylic acids is 9. The normalized spacial score (nSPS) is 20.8. The first-order valence-electron chi connectivity index (χ1n) is 20.5. The minimum Gasteiger partial charge on any atom is -0.370 e. The van der Waals surface area contributed by atoms with Gasteiger partial charge in [0.2, 0.25) is 53.2 Å². The van der Waals surface area contributed by atoms with Crippen molar-refractivity contribution in [3.05, 3.63) is 18.2 Å². The Kier molecular flexibility index (Phi) is 18.1. The van der Waals surface area contributed by atoms with Gasteiger partial charge in [-0.1, -0.05) is 0 Å². The summed E-state index contributed by atoms with van der Waals surface area (Å²) in [6.45, 7) is 0.854. The molecule has 1 aromatic rings. The molecular weight excluding hydrogens is 803 g/mol. The number of carbonyl (C=O) groups is 9. The predicted octanol–water partition coefficient (Wildman–Crippen LogP) is -5.08. The predicted molar refractivity (Wildman–Crippen MR) is 216 cm³/mol. The number of rotatable bonds is 22. The molecule has 4 rings (SSSR count). The SMILES string of the molecule is NC(=O)CC[C@H](NC(=O)[C@@H]1CCCN1C(=O)[C@@H](N)Cc1cnc[nH]1)C(=O)NCC(=O)N1CCC[C@H]1C(=O)N1CCC[C@H]1C(=O)N[C@@H](CS)C(=O)N[C@@H](CCCC[NH3+])C(N)=O. The molecule has 7 atom stereocenters. The van der Waals surface area contributed by atoms with Gasteiger partial charge in [-0.05, 0) is 64.2 Å². The number of nitrogens with one attached hydrogen (secondary N) is 5. The Morgan fingerprint density at radius 3 is 2.02 bits per heavy atom. The molecule has 3 saturated heterocycles. The van der Waals surface area contributed by atoms with E-state index in [1.54, 1.807) is 6.20 Å². The third-order valence-corrected chi connectivity index (χ3v) is 11.4. The van der Waals surface area contributed by atoms with E-state index in [0.717, 1.165) is 6.42 Å². The molecule has 3 aliphatic rings. The Hall–Kier alpha value is -5.29. The Balaban J connectivity index is 1.34. The first-order valence-corrected chi connectivity index (χ1v) is 21.1. The van der Waals surface area contributed by atoms with E-state index in [2.05, 4.69) is 49.6 Å². The van der Waals surface area contributed by atoms with Crippen LogP contribution in [0.3, 0.4) is 0 Å². The maximum absolute atomic E-state index is 13.9. The number of thiol groups is 1. The number of aromatic amines is 1. The minimum absolute atomic E-state index is 0.0903. The fourth-order valence-electron chi connectivity index (χ4n) is 7.81. The van der Waals surface area contributed by atoms with Gasteiger partial charge in [0.05, 0.1) is 25.5 Å². The van der Waals surface area contributed by atoms with Crippen LogP contribution in [0.5, 0.6) is 0 Å². The molecule has 4 heterocycles. The minimum atomic E-state index is -1.28. The lowest BCUT2D eigenvalue weighted by Crippen LogP contribution is -2.58. The molecule has 22 nitrogen and oxygen atoms in total. The number of unbranched alkanes of at least 4 members (excludes halogenated alkanes) is 1. The summed E-state index contributed by atoms with van der Waals surface area (Å²) in [5, 5.41) is 10.4. The number of quaternary nitrogens is 1. The van der Waals surface area contributed by atoms with Crippen molar-refractivity contribution < 1.29 is 48.9 Å². The maximum atomic E-state index is 13.9. The van der Waals surface area contributed by atoms with Crippen LogP contribution in [-0.4, -0.2) is 159 Å². The highest BCUT2D eigenvalue weighted by atomic mass is 32.1. The van der Waals surface area contributed by atoms with Crippen LogP contribution in [0.25, 0.3) is 0 Å². The molecule has 1 aromatic heterocycles. The van der Waals surface area contributed by atoms with Crippen molar-refractivity contribution in [2.24, 2.45) is 17.2 Å². The summed E-state index contributed by atoms with van der Waals surface area (Å²) in [5.74, 6) is -5.63. The first-order chi connectivity index (χ1) is 28.7. The summed E-state index contributed by atoms with van der Waals surface area (Å²) in [4.78, 5) is 129. The summed E-state index contributed by atoms with van der Waals surface area (Å²) in [6.07, 6.45) is 6.87. The second kappa shape index (κ2) is 22.9. The third kappa shape index (κ3) is 12.9. The molecule has 0 aliphatic carbocycles. The van der Waals surface area contributed by atoms with E-state index in [-0.39, 0.29) is 44.6 Å². The highest BCUT2D eigenvalue weighted by Crippen LogP contribution is 2.25. The van der Waals surface area contributed by atoms with E-state index >= 15 is 0 Å². The fourth-order valence-corrected chi connectivity index (χ4v) is 8.07. The fraction of sp³-hybridized carbons (Fsp3) is 0.676. The van der Waals surface area contributed by atoms with Gasteiger partial charge in [-0.25, -0.2) is 4.98 Å².